The number of hydrogen-bond donors (Lipinski definition) is 3. The standard InChI is InChI=1S/C11H22N6O3S/c1-4-7-20-11-16-9(13-5-2)15-10(17-11)14-6-8-21(18,19)12-3/h12H,4-8H2,1-3H3,(H2,13,14,15,16,17). The highest BCUT2D eigenvalue weighted by atomic mass is 32.2. The van der Waals surface area contributed by atoms with Crippen molar-refractivity contribution in [2.75, 3.05) is 43.1 Å². The summed E-state index contributed by atoms with van der Waals surface area (Å²) < 4.78 is 30.3. The van der Waals surface area contributed by atoms with E-state index in [1.54, 1.807) is 0 Å². The van der Waals surface area contributed by atoms with Gasteiger partial charge in [-0.25, -0.2) is 13.1 Å². The fourth-order valence-electron chi connectivity index (χ4n) is 1.33. The van der Waals surface area contributed by atoms with Crippen LogP contribution in [0.1, 0.15) is 20.3 Å². The first-order valence-electron chi connectivity index (χ1n) is 6.78. The molecule has 0 saturated heterocycles. The molecular formula is C11H22N6O3S. The minimum Gasteiger partial charge on any atom is -0.463 e. The number of sulfonamides is 1. The first-order valence-corrected chi connectivity index (χ1v) is 8.43. The zero-order chi connectivity index (χ0) is 15.7. The van der Waals surface area contributed by atoms with Crippen LogP contribution >= 0.6 is 0 Å². The topological polar surface area (TPSA) is 118 Å². The van der Waals surface area contributed by atoms with Crippen molar-refractivity contribution in [3.8, 4) is 6.01 Å². The Labute approximate surface area is 125 Å². The molecule has 0 aliphatic heterocycles. The molecule has 9 nitrogen and oxygen atoms in total. The molecular weight excluding hydrogens is 296 g/mol. The summed E-state index contributed by atoms with van der Waals surface area (Å²) in [7, 11) is -1.89. The number of aromatic nitrogens is 3. The van der Waals surface area contributed by atoms with Crippen LogP contribution in [0.4, 0.5) is 11.9 Å². The molecule has 0 aliphatic rings. The SMILES string of the molecule is CCCOc1nc(NCC)nc(NCCS(=O)(=O)NC)n1. The van der Waals surface area contributed by atoms with Gasteiger partial charge in [-0.2, -0.15) is 15.0 Å². The molecule has 0 amide bonds. The van der Waals surface area contributed by atoms with E-state index >= 15 is 0 Å². The third-order valence-electron chi connectivity index (χ3n) is 2.35. The van der Waals surface area contributed by atoms with Crippen LogP contribution in [0.5, 0.6) is 6.01 Å². The number of nitrogens with one attached hydrogen (secondary N) is 3. The fourth-order valence-corrected chi connectivity index (χ4v) is 1.90. The van der Waals surface area contributed by atoms with E-state index in [4.69, 9.17) is 4.74 Å². The predicted molar refractivity (Wildman–Crippen MR) is 81.1 cm³/mol. The largest absolute Gasteiger partial charge is 0.463 e. The first kappa shape index (κ1) is 17.4. The van der Waals surface area contributed by atoms with Gasteiger partial charge in [-0.3, -0.25) is 0 Å². The van der Waals surface area contributed by atoms with Crippen molar-refractivity contribution in [1.29, 1.82) is 0 Å². The molecule has 120 valence electrons. The van der Waals surface area contributed by atoms with Crippen LogP contribution in [0.25, 0.3) is 0 Å². The molecule has 21 heavy (non-hydrogen) atoms. The lowest BCUT2D eigenvalue weighted by molar-refractivity contribution is 0.292. The highest BCUT2D eigenvalue weighted by molar-refractivity contribution is 7.89. The molecule has 1 aromatic rings. The Morgan fingerprint density at radius 1 is 1.10 bits per heavy atom. The fraction of sp³-hybridized carbons (Fsp3) is 0.727. The smallest absolute Gasteiger partial charge is 0.323 e. The number of nitrogens with zero attached hydrogens (tertiary/aromatic N) is 3. The maximum atomic E-state index is 11.3. The summed E-state index contributed by atoms with van der Waals surface area (Å²) in [6.07, 6.45) is 0.839. The van der Waals surface area contributed by atoms with E-state index in [1.807, 2.05) is 13.8 Å². The average molecular weight is 318 g/mol. The van der Waals surface area contributed by atoms with Crippen LogP contribution in [0, 0.1) is 0 Å². The highest BCUT2D eigenvalue weighted by Gasteiger charge is 2.09. The number of hydrogen-bond acceptors (Lipinski definition) is 8. The Kier molecular flexibility index (Phi) is 7.09. The van der Waals surface area contributed by atoms with E-state index in [2.05, 4.69) is 30.3 Å². The van der Waals surface area contributed by atoms with Gasteiger partial charge in [-0.15, -0.1) is 0 Å². The molecule has 0 fully saturated rings. The Balaban J connectivity index is 2.72. The van der Waals surface area contributed by atoms with Crippen LogP contribution in [-0.2, 0) is 10.0 Å². The Bertz CT molecular complexity index is 537. The van der Waals surface area contributed by atoms with Gasteiger partial charge in [0.2, 0.25) is 21.9 Å². The monoisotopic (exact) mass is 318 g/mol. The summed E-state index contributed by atoms with van der Waals surface area (Å²) in [6, 6.07) is 0.210. The first-order chi connectivity index (χ1) is 10.0. The third-order valence-corrected chi connectivity index (χ3v) is 3.71. The molecule has 0 atom stereocenters. The molecule has 1 rings (SSSR count). The zero-order valence-electron chi connectivity index (χ0n) is 12.5. The van der Waals surface area contributed by atoms with E-state index < -0.39 is 10.0 Å². The lowest BCUT2D eigenvalue weighted by Gasteiger charge is -2.09. The second-order valence-electron chi connectivity index (χ2n) is 4.09. The third kappa shape index (κ3) is 6.54. The summed E-state index contributed by atoms with van der Waals surface area (Å²) in [5.41, 5.74) is 0. The van der Waals surface area contributed by atoms with Crippen LogP contribution in [0.3, 0.4) is 0 Å². The van der Waals surface area contributed by atoms with E-state index in [1.165, 1.54) is 7.05 Å². The molecule has 1 aromatic heterocycles. The lowest BCUT2D eigenvalue weighted by Crippen LogP contribution is -2.26. The van der Waals surface area contributed by atoms with Crippen LogP contribution in [-0.4, -0.2) is 55.9 Å². The van der Waals surface area contributed by atoms with E-state index in [0.717, 1.165) is 6.42 Å². The molecule has 0 radical (unpaired) electrons. The van der Waals surface area contributed by atoms with Crippen molar-refractivity contribution in [1.82, 2.24) is 19.7 Å². The molecule has 10 heteroatoms. The van der Waals surface area contributed by atoms with Crippen molar-refractivity contribution < 1.29 is 13.2 Å². The minimum absolute atomic E-state index is 0.0725. The van der Waals surface area contributed by atoms with Gasteiger partial charge < -0.3 is 15.4 Å². The number of rotatable bonds is 10. The second-order valence-corrected chi connectivity index (χ2v) is 6.14. The molecule has 1 heterocycles. The quantitative estimate of drug-likeness (QED) is 0.554. The minimum atomic E-state index is -3.26. The summed E-state index contributed by atoms with van der Waals surface area (Å²) in [5.74, 6) is 0.590. The number of ether oxygens (including phenoxy) is 1. The molecule has 0 aromatic carbocycles. The van der Waals surface area contributed by atoms with Crippen molar-refractivity contribution in [3.63, 3.8) is 0 Å². The van der Waals surface area contributed by atoms with Crippen LogP contribution < -0.4 is 20.1 Å². The molecule has 0 bridgehead atoms. The van der Waals surface area contributed by atoms with Gasteiger partial charge in [0.15, 0.2) is 0 Å². The summed E-state index contributed by atoms with van der Waals surface area (Å²) in [6.45, 7) is 5.25. The lowest BCUT2D eigenvalue weighted by atomic mass is 10.5. The van der Waals surface area contributed by atoms with Crippen molar-refractivity contribution >= 4 is 21.9 Å². The van der Waals surface area contributed by atoms with Gasteiger partial charge in [0.1, 0.15) is 0 Å². The summed E-state index contributed by atoms with van der Waals surface area (Å²) in [4.78, 5) is 12.3. The van der Waals surface area contributed by atoms with Gasteiger partial charge in [0.25, 0.3) is 0 Å². The van der Waals surface area contributed by atoms with E-state index in [-0.39, 0.29) is 24.3 Å². The Morgan fingerprint density at radius 3 is 2.33 bits per heavy atom. The normalized spacial score (nSPS) is 11.2. The van der Waals surface area contributed by atoms with Crippen LogP contribution in [0.2, 0.25) is 0 Å². The van der Waals surface area contributed by atoms with Crippen molar-refractivity contribution in [2.45, 2.75) is 20.3 Å². The maximum absolute atomic E-state index is 11.3. The molecule has 0 spiro atoms. The highest BCUT2D eigenvalue weighted by Crippen LogP contribution is 2.11. The van der Waals surface area contributed by atoms with E-state index in [0.29, 0.717) is 19.1 Å². The molecule has 0 aliphatic carbocycles. The van der Waals surface area contributed by atoms with Gasteiger partial charge in [-0.1, -0.05) is 6.92 Å². The van der Waals surface area contributed by atoms with Crippen LogP contribution in [0.15, 0.2) is 0 Å². The predicted octanol–water partition coefficient (Wildman–Crippen LogP) is 0.0533. The van der Waals surface area contributed by atoms with Gasteiger partial charge in [0.05, 0.1) is 12.4 Å². The zero-order valence-corrected chi connectivity index (χ0v) is 13.3. The van der Waals surface area contributed by atoms with Gasteiger partial charge in [-0.05, 0) is 20.4 Å². The maximum Gasteiger partial charge on any atom is 0.323 e. The van der Waals surface area contributed by atoms with Gasteiger partial charge in [0, 0.05) is 13.1 Å². The molecule has 0 unspecified atom stereocenters. The molecule has 0 saturated carbocycles. The van der Waals surface area contributed by atoms with E-state index in [9.17, 15) is 8.42 Å². The van der Waals surface area contributed by atoms with Crippen molar-refractivity contribution in [2.24, 2.45) is 0 Å². The summed E-state index contributed by atoms with van der Waals surface area (Å²) in [5, 5.41) is 5.82. The van der Waals surface area contributed by atoms with Gasteiger partial charge >= 0.3 is 6.01 Å². The summed E-state index contributed by atoms with van der Waals surface area (Å²) >= 11 is 0. The Morgan fingerprint density at radius 2 is 1.76 bits per heavy atom. The van der Waals surface area contributed by atoms with Crippen molar-refractivity contribution in [3.05, 3.63) is 0 Å². The number of anilines is 2. The average Bonchev–Trinajstić information content (AvgIpc) is 2.45. The Hall–Kier alpha value is -1.68. The second kappa shape index (κ2) is 8.57. The molecule has 3 N–H and O–H groups in total.